The zero-order valence-electron chi connectivity index (χ0n) is 26.3. The van der Waals surface area contributed by atoms with Gasteiger partial charge in [0.15, 0.2) is 5.82 Å². The lowest BCUT2D eigenvalue weighted by Crippen LogP contribution is -2.22. The molecule has 2 rings (SSSR count). The largest absolute Gasteiger partial charge is 0.507 e. The summed E-state index contributed by atoms with van der Waals surface area (Å²) in [5, 5.41) is 22.7. The van der Waals surface area contributed by atoms with Crippen LogP contribution in [0.2, 0.25) is 0 Å². The Hall–Kier alpha value is -3.25. The number of halogens is 3. The summed E-state index contributed by atoms with van der Waals surface area (Å²) in [7, 11) is 4.84. The number of aldehydes is 1. The molecular weight excluding hydrogens is 567 g/mol. The van der Waals surface area contributed by atoms with Gasteiger partial charge in [0, 0.05) is 51.5 Å². The average Bonchev–Trinajstić information content (AvgIpc) is 2.97. The van der Waals surface area contributed by atoms with Crippen LogP contribution in [0.15, 0.2) is 18.2 Å². The van der Waals surface area contributed by atoms with Crippen LogP contribution in [0.5, 0.6) is 5.75 Å². The molecule has 0 bridgehead atoms. The SMILES string of the molecule is CCCCCC(CC)Nc1nnc(-c2ccc(C(F)(F)F)cc2O)c(CCCOC)c1CCC=O.CCOC=O.COC. The van der Waals surface area contributed by atoms with Gasteiger partial charge in [0.05, 0.1) is 12.2 Å². The van der Waals surface area contributed by atoms with Gasteiger partial charge in [-0.25, -0.2) is 0 Å². The van der Waals surface area contributed by atoms with Gasteiger partial charge in [0.25, 0.3) is 6.47 Å². The predicted octanol–water partition coefficient (Wildman–Crippen LogP) is 6.79. The highest BCUT2D eigenvalue weighted by molar-refractivity contribution is 5.73. The van der Waals surface area contributed by atoms with Crippen molar-refractivity contribution in [2.24, 2.45) is 0 Å². The van der Waals surface area contributed by atoms with Crippen LogP contribution in [-0.4, -0.2) is 68.6 Å². The second kappa shape index (κ2) is 23.2. The maximum Gasteiger partial charge on any atom is 0.416 e. The molecule has 0 spiro atoms. The number of unbranched alkanes of at least 4 members (excludes halogenated alkanes) is 2. The molecule has 0 saturated carbocycles. The summed E-state index contributed by atoms with van der Waals surface area (Å²) < 4.78 is 52.9. The Morgan fingerprint density at radius 2 is 1.70 bits per heavy atom. The van der Waals surface area contributed by atoms with E-state index in [1.54, 1.807) is 28.3 Å². The highest BCUT2D eigenvalue weighted by Crippen LogP contribution is 2.38. The number of phenols is 1. The van der Waals surface area contributed by atoms with E-state index in [1.807, 2.05) is 0 Å². The summed E-state index contributed by atoms with van der Waals surface area (Å²) in [6, 6.07) is 3.03. The molecule has 0 radical (unpaired) electrons. The normalized spacial score (nSPS) is 11.4. The molecule has 12 heteroatoms. The van der Waals surface area contributed by atoms with E-state index in [2.05, 4.69) is 38.8 Å². The minimum atomic E-state index is -4.57. The number of benzene rings is 1. The topological polar surface area (TPSA) is 120 Å². The average molecular weight is 616 g/mol. The van der Waals surface area contributed by atoms with Crippen LogP contribution < -0.4 is 5.32 Å². The van der Waals surface area contributed by atoms with E-state index in [9.17, 15) is 27.9 Å². The molecule has 2 N–H and O–H groups in total. The van der Waals surface area contributed by atoms with Gasteiger partial charge >= 0.3 is 6.18 Å². The molecule has 9 nitrogen and oxygen atoms in total. The minimum absolute atomic E-state index is 0.173. The first-order valence-corrected chi connectivity index (χ1v) is 14.5. The standard InChI is InChI=1S/C26H36F3N3O3.C3H6O2.C2H6O/c1-4-6-7-10-19(5-2)30-25-21(11-8-15-33)20(12-9-16-35-3)24(31-32-25)22-14-13-18(17-23(22)34)26(27,28)29;1-2-5-3-4;1-3-2/h13-15,17,19,34H,4-12,16H2,1-3H3,(H,30,32);3H,2H2,1H3;1-2H3. The van der Waals surface area contributed by atoms with Crippen LogP contribution in [0, 0.1) is 0 Å². The number of aromatic nitrogens is 2. The Labute approximate surface area is 253 Å². The molecule has 1 unspecified atom stereocenters. The Morgan fingerprint density at radius 1 is 1.00 bits per heavy atom. The highest BCUT2D eigenvalue weighted by atomic mass is 19.4. The molecule has 0 saturated heterocycles. The van der Waals surface area contributed by atoms with E-state index in [1.165, 1.54) is 6.07 Å². The van der Waals surface area contributed by atoms with E-state index >= 15 is 0 Å². The number of carbonyl (C=O) groups excluding carboxylic acids is 2. The number of nitrogens with one attached hydrogen (secondary N) is 1. The summed E-state index contributed by atoms with van der Waals surface area (Å²) in [6.07, 6.45) is 3.27. The van der Waals surface area contributed by atoms with E-state index < -0.39 is 17.5 Å². The zero-order chi connectivity index (χ0) is 32.7. The predicted molar refractivity (Wildman–Crippen MR) is 161 cm³/mol. The fraction of sp³-hybridized carbons (Fsp3) is 0.613. The van der Waals surface area contributed by atoms with Crippen molar-refractivity contribution in [3.63, 3.8) is 0 Å². The van der Waals surface area contributed by atoms with Crippen LogP contribution >= 0.6 is 0 Å². The molecule has 1 aromatic carbocycles. The fourth-order valence-corrected chi connectivity index (χ4v) is 4.16. The van der Waals surface area contributed by atoms with Crippen molar-refractivity contribution in [3.05, 3.63) is 34.9 Å². The van der Waals surface area contributed by atoms with Crippen molar-refractivity contribution in [2.75, 3.05) is 39.9 Å². The van der Waals surface area contributed by atoms with Crippen molar-refractivity contribution in [3.8, 4) is 17.0 Å². The molecule has 0 aliphatic carbocycles. The number of anilines is 1. The van der Waals surface area contributed by atoms with Gasteiger partial charge in [-0.15, -0.1) is 10.2 Å². The minimum Gasteiger partial charge on any atom is -0.507 e. The summed E-state index contributed by atoms with van der Waals surface area (Å²) in [5.41, 5.74) is 1.10. The van der Waals surface area contributed by atoms with E-state index in [0.717, 1.165) is 55.6 Å². The van der Waals surface area contributed by atoms with E-state index in [0.29, 0.717) is 56.5 Å². The quantitative estimate of drug-likeness (QED) is 0.146. The second-order valence-corrected chi connectivity index (χ2v) is 9.59. The Bertz CT molecular complexity index is 1050. The van der Waals surface area contributed by atoms with Crippen molar-refractivity contribution in [1.82, 2.24) is 10.2 Å². The number of methoxy groups -OCH3 is 2. The van der Waals surface area contributed by atoms with Gasteiger partial charge < -0.3 is 29.4 Å². The van der Waals surface area contributed by atoms with Crippen LogP contribution in [-0.2, 0) is 42.8 Å². The van der Waals surface area contributed by atoms with Crippen LogP contribution in [0.3, 0.4) is 0 Å². The van der Waals surface area contributed by atoms with Crippen LogP contribution in [0.4, 0.5) is 19.0 Å². The summed E-state index contributed by atoms with van der Waals surface area (Å²) in [6.45, 7) is 7.39. The molecule has 1 aromatic heterocycles. The molecule has 0 aliphatic heterocycles. The zero-order valence-corrected chi connectivity index (χ0v) is 26.3. The smallest absolute Gasteiger partial charge is 0.416 e. The van der Waals surface area contributed by atoms with Gasteiger partial charge in [-0.2, -0.15) is 13.2 Å². The van der Waals surface area contributed by atoms with Crippen molar-refractivity contribution >= 4 is 18.6 Å². The Balaban J connectivity index is 0.00000196. The van der Waals surface area contributed by atoms with E-state index in [-0.39, 0.29) is 18.0 Å². The number of ether oxygens (including phenoxy) is 3. The van der Waals surface area contributed by atoms with Crippen LogP contribution in [0.25, 0.3) is 11.3 Å². The Morgan fingerprint density at radius 3 is 2.19 bits per heavy atom. The van der Waals surface area contributed by atoms with Gasteiger partial charge in [0.2, 0.25) is 0 Å². The molecule has 0 fully saturated rings. The molecule has 1 atom stereocenters. The number of rotatable bonds is 17. The molecule has 244 valence electrons. The number of nitrogens with zero attached hydrogens (tertiary/aromatic N) is 2. The maximum atomic E-state index is 13.1. The first-order valence-electron chi connectivity index (χ1n) is 14.5. The monoisotopic (exact) mass is 615 g/mol. The molecule has 0 amide bonds. The highest BCUT2D eigenvalue weighted by Gasteiger charge is 2.31. The van der Waals surface area contributed by atoms with Crippen molar-refractivity contribution in [2.45, 2.75) is 90.8 Å². The van der Waals surface area contributed by atoms with Gasteiger partial charge in [-0.1, -0.05) is 33.1 Å². The molecule has 2 aromatic rings. The third-order valence-electron chi connectivity index (χ3n) is 6.28. The summed E-state index contributed by atoms with van der Waals surface area (Å²) in [5.74, 6) is 0.0629. The second-order valence-electron chi connectivity index (χ2n) is 9.59. The van der Waals surface area contributed by atoms with Gasteiger partial charge in [-0.05, 0) is 62.8 Å². The Kier molecular flexibility index (Phi) is 21.5. The number of phenolic OH excluding ortho intramolecular Hbond substituents is 1. The third kappa shape index (κ3) is 15.2. The number of aromatic hydroxyl groups is 1. The molecular formula is C31H48F3N3O6. The third-order valence-corrected chi connectivity index (χ3v) is 6.28. The lowest BCUT2D eigenvalue weighted by atomic mass is 9.94. The van der Waals surface area contributed by atoms with Crippen molar-refractivity contribution < 1.29 is 42.1 Å². The van der Waals surface area contributed by atoms with Gasteiger partial charge in [-0.3, -0.25) is 4.79 Å². The molecule has 43 heavy (non-hydrogen) atoms. The van der Waals surface area contributed by atoms with Crippen LogP contribution in [0.1, 0.15) is 82.4 Å². The molecule has 0 aliphatic rings. The summed E-state index contributed by atoms with van der Waals surface area (Å²) in [4.78, 5) is 20.4. The lowest BCUT2D eigenvalue weighted by Gasteiger charge is -2.22. The first kappa shape index (κ1) is 39.8. The maximum absolute atomic E-state index is 13.1. The number of alkyl halides is 3. The number of hydrogen-bond acceptors (Lipinski definition) is 9. The number of carbonyl (C=O) groups is 2. The molecule has 1 heterocycles. The van der Waals surface area contributed by atoms with Gasteiger partial charge in [0.1, 0.15) is 17.7 Å². The van der Waals surface area contributed by atoms with Crippen molar-refractivity contribution in [1.29, 1.82) is 0 Å². The summed E-state index contributed by atoms with van der Waals surface area (Å²) >= 11 is 0. The lowest BCUT2D eigenvalue weighted by molar-refractivity contribution is -0.137. The fourth-order valence-electron chi connectivity index (χ4n) is 4.16. The van der Waals surface area contributed by atoms with E-state index in [4.69, 9.17) is 4.74 Å². The first-order chi connectivity index (χ1) is 20.6. The number of hydrogen-bond donors (Lipinski definition) is 2.